The molecule has 3 rings (SSSR count). The van der Waals surface area contributed by atoms with Crippen LogP contribution in [0.15, 0.2) is 53.1 Å². The van der Waals surface area contributed by atoms with E-state index in [1.165, 1.54) is 5.56 Å². The minimum Gasteiger partial charge on any atom is -0.469 e. The van der Waals surface area contributed by atoms with Gasteiger partial charge in [-0.25, -0.2) is 0 Å². The molecular weight excluding hydrogens is 304 g/mol. The lowest BCUT2D eigenvalue weighted by Gasteiger charge is -2.22. The van der Waals surface area contributed by atoms with Gasteiger partial charge in [-0.1, -0.05) is 30.3 Å². The fraction of sp³-hybridized carbons (Fsp3) is 0.368. The minimum absolute atomic E-state index is 0.00168. The molecule has 1 aromatic carbocycles. The molecule has 0 saturated carbocycles. The van der Waals surface area contributed by atoms with Crippen molar-refractivity contribution in [1.29, 1.82) is 0 Å². The molecule has 1 aromatic heterocycles. The second kappa shape index (κ2) is 7.81. The Hall–Kier alpha value is -2.56. The smallest absolute Gasteiger partial charge is 0.223 e. The summed E-state index contributed by atoms with van der Waals surface area (Å²) in [4.78, 5) is 25.9. The van der Waals surface area contributed by atoms with Crippen LogP contribution >= 0.6 is 0 Å². The van der Waals surface area contributed by atoms with Crippen molar-refractivity contribution in [1.82, 2.24) is 10.2 Å². The van der Waals surface area contributed by atoms with E-state index >= 15 is 0 Å². The van der Waals surface area contributed by atoms with Crippen LogP contribution in [0.4, 0.5) is 0 Å². The molecule has 0 spiro atoms. The Balaban J connectivity index is 1.69. The number of hydrogen-bond donors (Lipinski definition) is 1. The van der Waals surface area contributed by atoms with Gasteiger partial charge in [0.2, 0.25) is 11.8 Å². The number of benzene rings is 1. The van der Waals surface area contributed by atoms with Gasteiger partial charge in [-0.3, -0.25) is 9.59 Å². The SMILES string of the molecule is O=C1CCN(C(=O)C[C@@H](Cc2ccccc2)c2ccco2)CCN1. The number of nitrogens with zero attached hydrogens (tertiary/aromatic N) is 1. The molecule has 1 aliphatic rings. The number of nitrogens with one attached hydrogen (secondary N) is 1. The van der Waals surface area contributed by atoms with Crippen molar-refractivity contribution in [2.75, 3.05) is 19.6 Å². The molecule has 0 aliphatic carbocycles. The van der Waals surface area contributed by atoms with Crippen molar-refractivity contribution in [3.63, 3.8) is 0 Å². The minimum atomic E-state index is 0.00168. The first-order valence-corrected chi connectivity index (χ1v) is 8.34. The second-order valence-corrected chi connectivity index (χ2v) is 6.09. The molecule has 2 heterocycles. The fourth-order valence-electron chi connectivity index (χ4n) is 3.05. The molecule has 1 fully saturated rings. The maximum Gasteiger partial charge on any atom is 0.223 e. The van der Waals surface area contributed by atoms with E-state index in [1.807, 2.05) is 30.3 Å². The van der Waals surface area contributed by atoms with Gasteiger partial charge in [0.05, 0.1) is 6.26 Å². The van der Waals surface area contributed by atoms with E-state index in [0.29, 0.717) is 32.5 Å². The van der Waals surface area contributed by atoms with Gasteiger partial charge in [0.15, 0.2) is 0 Å². The average Bonchev–Trinajstić information content (AvgIpc) is 3.04. The second-order valence-electron chi connectivity index (χ2n) is 6.09. The Labute approximate surface area is 141 Å². The number of hydrogen-bond acceptors (Lipinski definition) is 3. The summed E-state index contributed by atoms with van der Waals surface area (Å²) in [7, 11) is 0. The molecule has 5 nitrogen and oxygen atoms in total. The predicted molar refractivity (Wildman–Crippen MR) is 90.4 cm³/mol. The highest BCUT2D eigenvalue weighted by Crippen LogP contribution is 2.26. The Morgan fingerprint density at radius 3 is 2.75 bits per heavy atom. The molecule has 2 amide bonds. The molecular formula is C19H22N2O3. The molecule has 126 valence electrons. The lowest BCUT2D eigenvalue weighted by Crippen LogP contribution is -2.35. The van der Waals surface area contributed by atoms with Crippen LogP contribution in [0.1, 0.15) is 30.1 Å². The predicted octanol–water partition coefficient (Wildman–Crippen LogP) is 2.34. The standard InChI is InChI=1S/C19H22N2O3/c22-18-8-10-21(11-9-20-18)19(23)14-16(17-7-4-12-24-17)13-15-5-2-1-3-6-15/h1-7,12,16H,8-11,13-14H2,(H,20,22)/t16-/m1/s1. The van der Waals surface area contributed by atoms with Crippen LogP contribution < -0.4 is 5.32 Å². The largest absolute Gasteiger partial charge is 0.469 e. The Bertz CT molecular complexity index is 667. The average molecular weight is 326 g/mol. The Morgan fingerprint density at radius 2 is 2.00 bits per heavy atom. The van der Waals surface area contributed by atoms with Crippen molar-refractivity contribution < 1.29 is 14.0 Å². The van der Waals surface area contributed by atoms with Crippen molar-refractivity contribution in [2.45, 2.75) is 25.2 Å². The lowest BCUT2D eigenvalue weighted by atomic mass is 9.93. The zero-order valence-electron chi connectivity index (χ0n) is 13.6. The summed E-state index contributed by atoms with van der Waals surface area (Å²) in [6, 6.07) is 13.9. The highest BCUT2D eigenvalue weighted by atomic mass is 16.3. The third-order valence-electron chi connectivity index (χ3n) is 4.36. The number of furan rings is 1. The van der Waals surface area contributed by atoms with Gasteiger partial charge in [0.25, 0.3) is 0 Å². The highest BCUT2D eigenvalue weighted by molar-refractivity contribution is 5.80. The maximum atomic E-state index is 12.7. The van der Waals surface area contributed by atoms with Gasteiger partial charge in [0, 0.05) is 38.4 Å². The number of carbonyl (C=O) groups excluding carboxylic acids is 2. The monoisotopic (exact) mass is 326 g/mol. The van der Waals surface area contributed by atoms with Gasteiger partial charge in [-0.2, -0.15) is 0 Å². The normalized spacial score (nSPS) is 16.3. The molecule has 24 heavy (non-hydrogen) atoms. The summed E-state index contributed by atoms with van der Waals surface area (Å²) >= 11 is 0. The van der Waals surface area contributed by atoms with Crippen LogP contribution in [0.2, 0.25) is 0 Å². The van der Waals surface area contributed by atoms with E-state index in [4.69, 9.17) is 4.42 Å². The van der Waals surface area contributed by atoms with Crippen LogP contribution in [0, 0.1) is 0 Å². The van der Waals surface area contributed by atoms with Gasteiger partial charge in [-0.05, 0) is 24.1 Å². The molecule has 5 heteroatoms. The first-order chi connectivity index (χ1) is 11.7. The lowest BCUT2D eigenvalue weighted by molar-refractivity contribution is -0.131. The maximum absolute atomic E-state index is 12.7. The van der Waals surface area contributed by atoms with Crippen LogP contribution in [-0.2, 0) is 16.0 Å². The van der Waals surface area contributed by atoms with Crippen molar-refractivity contribution in [3.8, 4) is 0 Å². The van der Waals surface area contributed by atoms with Gasteiger partial charge in [0.1, 0.15) is 5.76 Å². The van der Waals surface area contributed by atoms with E-state index < -0.39 is 0 Å². The van der Waals surface area contributed by atoms with E-state index in [-0.39, 0.29) is 17.7 Å². The molecule has 1 aliphatic heterocycles. The molecule has 0 bridgehead atoms. The van der Waals surface area contributed by atoms with E-state index in [0.717, 1.165) is 12.2 Å². The van der Waals surface area contributed by atoms with E-state index in [9.17, 15) is 9.59 Å². The summed E-state index contributed by atoms with van der Waals surface area (Å²) < 4.78 is 5.56. The Kier molecular flexibility index (Phi) is 5.31. The summed E-state index contributed by atoms with van der Waals surface area (Å²) in [5.41, 5.74) is 1.18. The first kappa shape index (κ1) is 16.3. The number of carbonyl (C=O) groups is 2. The number of amides is 2. The zero-order valence-corrected chi connectivity index (χ0v) is 13.6. The van der Waals surface area contributed by atoms with Crippen LogP contribution in [-0.4, -0.2) is 36.3 Å². The third-order valence-corrected chi connectivity index (χ3v) is 4.36. The number of rotatable bonds is 5. The molecule has 2 aromatic rings. The highest BCUT2D eigenvalue weighted by Gasteiger charge is 2.24. The topological polar surface area (TPSA) is 62.6 Å². The molecule has 0 unspecified atom stereocenters. The Morgan fingerprint density at radius 1 is 1.17 bits per heavy atom. The zero-order chi connectivity index (χ0) is 16.8. The van der Waals surface area contributed by atoms with E-state index in [1.54, 1.807) is 11.2 Å². The van der Waals surface area contributed by atoms with Crippen molar-refractivity contribution in [3.05, 3.63) is 60.1 Å². The van der Waals surface area contributed by atoms with Crippen LogP contribution in [0.5, 0.6) is 0 Å². The van der Waals surface area contributed by atoms with Gasteiger partial charge in [-0.15, -0.1) is 0 Å². The quantitative estimate of drug-likeness (QED) is 0.917. The summed E-state index contributed by atoms with van der Waals surface area (Å²) in [6.45, 7) is 1.58. The fourth-order valence-corrected chi connectivity index (χ4v) is 3.05. The van der Waals surface area contributed by atoms with Gasteiger partial charge >= 0.3 is 0 Å². The van der Waals surface area contributed by atoms with Crippen molar-refractivity contribution >= 4 is 11.8 Å². The summed E-state index contributed by atoms with van der Waals surface area (Å²) in [6.07, 6.45) is 3.16. The molecule has 1 N–H and O–H groups in total. The third kappa shape index (κ3) is 4.25. The van der Waals surface area contributed by atoms with Crippen LogP contribution in [0.25, 0.3) is 0 Å². The summed E-state index contributed by atoms with van der Waals surface area (Å²) in [5.74, 6) is 0.916. The molecule has 1 atom stereocenters. The van der Waals surface area contributed by atoms with Gasteiger partial charge < -0.3 is 14.6 Å². The van der Waals surface area contributed by atoms with Crippen LogP contribution in [0.3, 0.4) is 0 Å². The first-order valence-electron chi connectivity index (χ1n) is 8.34. The molecule has 0 radical (unpaired) electrons. The van der Waals surface area contributed by atoms with E-state index in [2.05, 4.69) is 17.4 Å². The van der Waals surface area contributed by atoms with Crippen molar-refractivity contribution in [2.24, 2.45) is 0 Å². The molecule has 1 saturated heterocycles. The summed E-state index contributed by atoms with van der Waals surface area (Å²) in [5, 5.41) is 2.80.